The molecule has 0 spiro atoms. The molecule has 3 heterocycles. The summed E-state index contributed by atoms with van der Waals surface area (Å²) in [6.07, 6.45) is 3.98. The first-order valence-electron chi connectivity index (χ1n) is 7.26. The molecule has 0 radical (unpaired) electrons. The van der Waals surface area contributed by atoms with Crippen molar-refractivity contribution in [2.45, 2.75) is 24.9 Å². The lowest BCUT2D eigenvalue weighted by Gasteiger charge is -2.39. The first kappa shape index (κ1) is 15.6. The monoisotopic (exact) mass is 336 g/mol. The van der Waals surface area contributed by atoms with Gasteiger partial charge in [-0.1, -0.05) is 0 Å². The fraction of sp³-hybridized carbons (Fsp3) is 0.400. The van der Waals surface area contributed by atoms with Gasteiger partial charge in [0.05, 0.1) is 29.6 Å². The Morgan fingerprint density at radius 1 is 1.43 bits per heavy atom. The molecule has 1 N–H and O–H groups in total. The van der Waals surface area contributed by atoms with Gasteiger partial charge in [0.2, 0.25) is 11.1 Å². The van der Waals surface area contributed by atoms with Gasteiger partial charge in [0.1, 0.15) is 0 Å². The van der Waals surface area contributed by atoms with Crippen molar-refractivity contribution in [3.05, 3.63) is 41.1 Å². The first-order chi connectivity index (χ1) is 11.0. The van der Waals surface area contributed by atoms with Crippen molar-refractivity contribution < 1.29 is 14.0 Å². The van der Waals surface area contributed by atoms with E-state index in [1.165, 1.54) is 12.3 Å². The number of hydrogen-bond donors (Lipinski definition) is 1. The van der Waals surface area contributed by atoms with Gasteiger partial charge in [-0.3, -0.25) is 14.3 Å². The molecule has 2 amide bonds. The van der Waals surface area contributed by atoms with E-state index in [1.807, 2.05) is 13.1 Å². The molecule has 3 rings (SSSR count). The van der Waals surface area contributed by atoms with E-state index in [4.69, 9.17) is 16.0 Å². The van der Waals surface area contributed by atoms with Crippen molar-refractivity contribution in [2.75, 3.05) is 7.05 Å². The maximum absolute atomic E-state index is 12.4. The van der Waals surface area contributed by atoms with Crippen molar-refractivity contribution >= 4 is 23.4 Å². The molecule has 0 aromatic carbocycles. The highest BCUT2D eigenvalue weighted by Crippen LogP contribution is 2.31. The van der Waals surface area contributed by atoms with Crippen molar-refractivity contribution in [2.24, 2.45) is 7.05 Å². The van der Waals surface area contributed by atoms with Crippen LogP contribution in [0, 0.1) is 0 Å². The summed E-state index contributed by atoms with van der Waals surface area (Å²) < 4.78 is 6.67. The molecule has 0 bridgehead atoms. The molecule has 0 saturated carbocycles. The number of carbonyl (C=O) groups excluding carboxylic acids is 2. The number of rotatable bonds is 3. The summed E-state index contributed by atoms with van der Waals surface area (Å²) in [5.74, 6) is -0.272. The molecule has 8 heteroatoms. The van der Waals surface area contributed by atoms with Gasteiger partial charge >= 0.3 is 0 Å². The molecule has 1 aliphatic heterocycles. The zero-order chi connectivity index (χ0) is 16.6. The molecule has 1 fully saturated rings. The zero-order valence-electron chi connectivity index (χ0n) is 12.8. The number of hydrogen-bond acceptors (Lipinski definition) is 4. The summed E-state index contributed by atoms with van der Waals surface area (Å²) in [4.78, 5) is 26.1. The van der Waals surface area contributed by atoms with Gasteiger partial charge in [-0.25, -0.2) is 0 Å². The van der Waals surface area contributed by atoms with Gasteiger partial charge in [-0.15, -0.1) is 0 Å². The number of aromatic nitrogens is 2. The smallest absolute Gasteiger partial charge is 0.256 e. The Bertz CT molecular complexity index is 739. The molecule has 0 aliphatic carbocycles. The minimum atomic E-state index is -0.316. The Balaban J connectivity index is 1.87. The Morgan fingerprint density at radius 2 is 2.22 bits per heavy atom. The van der Waals surface area contributed by atoms with Crippen LogP contribution in [-0.4, -0.2) is 39.6 Å². The molecule has 122 valence electrons. The number of nitrogens with zero attached hydrogens (tertiary/aromatic N) is 3. The third-order valence-electron chi connectivity index (χ3n) is 4.20. The zero-order valence-corrected chi connectivity index (χ0v) is 13.6. The molecule has 23 heavy (non-hydrogen) atoms. The standard InChI is InChI=1S/C15H17ClN4O3/c1-19-12(21)4-3-10(13(19)11-5-7-17-20(11)2)18-15(22)9-6-8-23-14(9)16/h5-8,10,13H,3-4H2,1-2H3,(H,18,22)/t10-,13-/m1/s1. The van der Waals surface area contributed by atoms with Crippen molar-refractivity contribution in [1.82, 2.24) is 20.0 Å². The number of likely N-dealkylation sites (N-methyl/N-ethyl adjacent to an activating group) is 1. The number of likely N-dealkylation sites (tertiary alicyclic amines) is 1. The predicted octanol–water partition coefficient (Wildman–Crippen LogP) is 1.76. The lowest BCUT2D eigenvalue weighted by atomic mass is 9.93. The molecule has 2 aromatic heterocycles. The van der Waals surface area contributed by atoms with Gasteiger partial charge < -0.3 is 14.6 Å². The summed E-state index contributed by atoms with van der Waals surface area (Å²) in [6.45, 7) is 0. The minimum absolute atomic E-state index is 0.0445. The summed E-state index contributed by atoms with van der Waals surface area (Å²) in [5.41, 5.74) is 1.15. The highest BCUT2D eigenvalue weighted by Gasteiger charge is 2.37. The lowest BCUT2D eigenvalue weighted by Crippen LogP contribution is -2.51. The van der Waals surface area contributed by atoms with Crippen LogP contribution in [0.2, 0.25) is 5.22 Å². The second kappa shape index (κ2) is 6.08. The minimum Gasteiger partial charge on any atom is -0.452 e. The first-order valence-corrected chi connectivity index (χ1v) is 7.64. The average molecular weight is 337 g/mol. The van der Waals surface area contributed by atoms with Crippen molar-refractivity contribution in [3.8, 4) is 0 Å². The fourth-order valence-corrected chi connectivity index (χ4v) is 3.17. The summed E-state index contributed by atoms with van der Waals surface area (Å²) >= 11 is 5.86. The largest absolute Gasteiger partial charge is 0.452 e. The second-order valence-corrected chi connectivity index (χ2v) is 5.90. The fourth-order valence-electron chi connectivity index (χ4n) is 2.97. The Morgan fingerprint density at radius 3 is 2.83 bits per heavy atom. The van der Waals surface area contributed by atoms with Gasteiger partial charge in [0.25, 0.3) is 5.91 Å². The van der Waals surface area contributed by atoms with Gasteiger partial charge in [-0.2, -0.15) is 5.10 Å². The summed E-state index contributed by atoms with van der Waals surface area (Å²) in [7, 11) is 3.55. The molecule has 0 unspecified atom stereocenters. The molecule has 2 atom stereocenters. The van der Waals surface area contributed by atoms with Crippen LogP contribution in [0.5, 0.6) is 0 Å². The van der Waals surface area contributed by atoms with E-state index in [0.717, 1.165) is 5.69 Å². The number of nitrogens with one attached hydrogen (secondary N) is 1. The molecule has 7 nitrogen and oxygen atoms in total. The number of aryl methyl sites for hydroxylation is 1. The van der Waals surface area contributed by atoms with Gasteiger partial charge in [0, 0.05) is 26.7 Å². The molecule has 2 aromatic rings. The quantitative estimate of drug-likeness (QED) is 0.926. The molecular weight excluding hydrogens is 320 g/mol. The number of carbonyl (C=O) groups is 2. The van der Waals surface area contributed by atoms with Crippen LogP contribution in [-0.2, 0) is 11.8 Å². The maximum atomic E-state index is 12.4. The molecule has 1 saturated heterocycles. The normalized spacial score (nSPS) is 21.5. The van der Waals surface area contributed by atoms with Crippen molar-refractivity contribution in [1.29, 1.82) is 0 Å². The second-order valence-electron chi connectivity index (χ2n) is 5.56. The maximum Gasteiger partial charge on any atom is 0.256 e. The van der Waals surface area contributed by atoms with Crippen LogP contribution in [0.25, 0.3) is 0 Å². The van der Waals surface area contributed by atoms with Crippen LogP contribution in [0.4, 0.5) is 0 Å². The van der Waals surface area contributed by atoms with Crippen molar-refractivity contribution in [3.63, 3.8) is 0 Å². The van der Waals surface area contributed by atoms with E-state index >= 15 is 0 Å². The number of furan rings is 1. The van der Waals surface area contributed by atoms with E-state index in [0.29, 0.717) is 12.8 Å². The Hall–Kier alpha value is -2.28. The molecule has 1 aliphatic rings. The number of halogens is 1. The third-order valence-corrected chi connectivity index (χ3v) is 4.49. The van der Waals surface area contributed by atoms with Gasteiger partial charge in [-0.05, 0) is 30.2 Å². The van der Waals surface area contributed by atoms with E-state index in [9.17, 15) is 9.59 Å². The topological polar surface area (TPSA) is 80.4 Å². The van der Waals surface area contributed by atoms with E-state index in [-0.39, 0.29) is 34.7 Å². The van der Waals surface area contributed by atoms with Crippen LogP contribution in [0.3, 0.4) is 0 Å². The highest BCUT2D eigenvalue weighted by molar-refractivity contribution is 6.32. The van der Waals surface area contributed by atoms with E-state index in [1.54, 1.807) is 22.8 Å². The third kappa shape index (κ3) is 2.84. The lowest BCUT2D eigenvalue weighted by molar-refractivity contribution is -0.136. The highest BCUT2D eigenvalue weighted by atomic mass is 35.5. The van der Waals surface area contributed by atoms with Crippen LogP contribution >= 0.6 is 11.6 Å². The summed E-state index contributed by atoms with van der Waals surface area (Å²) in [5, 5.41) is 7.17. The Kier molecular flexibility index (Phi) is 4.12. The number of piperidine rings is 1. The van der Waals surface area contributed by atoms with E-state index in [2.05, 4.69) is 10.4 Å². The molecular formula is C15H17ClN4O3. The van der Waals surface area contributed by atoms with Gasteiger partial charge in [0.15, 0.2) is 0 Å². The average Bonchev–Trinajstić information content (AvgIpc) is 3.12. The van der Waals surface area contributed by atoms with Crippen LogP contribution in [0.1, 0.15) is 34.9 Å². The van der Waals surface area contributed by atoms with Crippen LogP contribution < -0.4 is 5.32 Å². The SMILES string of the molecule is CN1C(=O)CC[C@@H](NC(=O)c2ccoc2Cl)[C@@H]1c1ccnn1C. The van der Waals surface area contributed by atoms with Crippen LogP contribution in [0.15, 0.2) is 29.0 Å². The van der Waals surface area contributed by atoms with E-state index < -0.39 is 0 Å². The predicted molar refractivity (Wildman–Crippen MR) is 82.9 cm³/mol. The number of amides is 2. The summed E-state index contributed by atoms with van der Waals surface area (Å²) in [6, 6.07) is 2.86. The Labute approximate surface area is 138 Å².